The maximum atomic E-state index is 5.10. The second-order valence-electron chi connectivity index (χ2n) is 9.18. The second kappa shape index (κ2) is 8.89. The van der Waals surface area contributed by atoms with Crippen molar-refractivity contribution in [3.8, 4) is 44.9 Å². The number of hydrogen-bond acceptors (Lipinski definition) is 2. The molecule has 0 aliphatic rings. The van der Waals surface area contributed by atoms with Gasteiger partial charge < -0.3 is 4.98 Å². The van der Waals surface area contributed by atoms with Gasteiger partial charge in [0.25, 0.3) is 0 Å². The van der Waals surface area contributed by atoms with Crippen LogP contribution in [0.2, 0.25) is 0 Å². The molecular weight excluding hydrogens is 450 g/mol. The summed E-state index contributed by atoms with van der Waals surface area (Å²) < 4.78 is 0. The van der Waals surface area contributed by atoms with Crippen molar-refractivity contribution in [2.45, 2.75) is 0 Å². The lowest BCUT2D eigenvalue weighted by Gasteiger charge is -2.11. The van der Waals surface area contributed by atoms with Crippen molar-refractivity contribution in [3.63, 3.8) is 0 Å². The van der Waals surface area contributed by atoms with Crippen LogP contribution in [0.5, 0.6) is 0 Å². The van der Waals surface area contributed by atoms with Crippen LogP contribution in [-0.2, 0) is 0 Å². The minimum absolute atomic E-state index is 0.855. The van der Waals surface area contributed by atoms with Crippen LogP contribution < -0.4 is 0 Å². The van der Waals surface area contributed by atoms with Gasteiger partial charge in [-0.3, -0.25) is 4.98 Å². The maximum absolute atomic E-state index is 5.10. The number of pyridine rings is 2. The molecule has 37 heavy (non-hydrogen) atoms. The predicted octanol–water partition coefficient (Wildman–Crippen LogP) is 8.78. The lowest BCUT2D eigenvalue weighted by atomic mass is 9.98. The van der Waals surface area contributed by atoms with Crippen LogP contribution in [0.25, 0.3) is 66.7 Å². The zero-order chi connectivity index (χ0) is 24.6. The van der Waals surface area contributed by atoms with E-state index in [2.05, 4.69) is 113 Å². The Morgan fingerprint density at radius 3 is 1.95 bits per heavy atom. The summed E-state index contributed by atoms with van der Waals surface area (Å²) in [7, 11) is 0. The third-order valence-corrected chi connectivity index (χ3v) is 6.90. The van der Waals surface area contributed by atoms with Crippen LogP contribution in [0.15, 0.2) is 134 Å². The van der Waals surface area contributed by atoms with Crippen molar-refractivity contribution < 1.29 is 0 Å². The molecule has 1 N–H and O–H groups in total. The summed E-state index contributed by atoms with van der Waals surface area (Å²) in [5.74, 6) is 0. The van der Waals surface area contributed by atoms with Crippen molar-refractivity contribution in [2.24, 2.45) is 0 Å². The molecule has 0 spiro atoms. The number of hydrogen-bond donors (Lipinski definition) is 1. The quantitative estimate of drug-likeness (QED) is 0.277. The topological polar surface area (TPSA) is 41.6 Å². The van der Waals surface area contributed by atoms with Crippen molar-refractivity contribution in [1.29, 1.82) is 0 Å². The first-order valence-electron chi connectivity index (χ1n) is 12.4. The molecule has 7 aromatic rings. The van der Waals surface area contributed by atoms with E-state index in [4.69, 9.17) is 4.98 Å². The van der Waals surface area contributed by atoms with Gasteiger partial charge in [-0.15, -0.1) is 0 Å². The zero-order valence-electron chi connectivity index (χ0n) is 20.1. The minimum Gasteiger partial charge on any atom is -0.354 e. The Balaban J connectivity index is 1.41. The van der Waals surface area contributed by atoms with Gasteiger partial charge in [-0.25, -0.2) is 4.98 Å². The summed E-state index contributed by atoms with van der Waals surface area (Å²) >= 11 is 0. The summed E-state index contributed by atoms with van der Waals surface area (Å²) in [6.07, 6.45) is 1.82. The molecule has 3 aromatic heterocycles. The average molecular weight is 474 g/mol. The van der Waals surface area contributed by atoms with Crippen molar-refractivity contribution in [2.75, 3.05) is 0 Å². The Hall–Kier alpha value is -5.02. The highest BCUT2D eigenvalue weighted by molar-refractivity contribution is 6.11. The molecule has 0 unspecified atom stereocenters. The number of rotatable bonds is 4. The highest BCUT2D eigenvalue weighted by atomic mass is 14.8. The van der Waals surface area contributed by atoms with Gasteiger partial charge in [0.1, 0.15) is 0 Å². The van der Waals surface area contributed by atoms with Crippen LogP contribution >= 0.6 is 0 Å². The van der Waals surface area contributed by atoms with E-state index in [1.54, 1.807) is 0 Å². The molecule has 0 aliphatic heterocycles. The summed E-state index contributed by atoms with van der Waals surface area (Å²) in [5, 5.41) is 2.42. The normalized spacial score (nSPS) is 11.2. The van der Waals surface area contributed by atoms with Gasteiger partial charge in [0, 0.05) is 28.0 Å². The summed E-state index contributed by atoms with van der Waals surface area (Å²) in [5.41, 5.74) is 10.6. The van der Waals surface area contributed by atoms with Crippen LogP contribution in [0.4, 0.5) is 0 Å². The van der Waals surface area contributed by atoms with Gasteiger partial charge in [0.05, 0.1) is 22.6 Å². The van der Waals surface area contributed by atoms with E-state index in [0.717, 1.165) is 44.8 Å². The lowest BCUT2D eigenvalue weighted by Crippen LogP contribution is -1.93. The molecule has 174 valence electrons. The Kier molecular flexibility index (Phi) is 5.11. The molecule has 0 radical (unpaired) electrons. The van der Waals surface area contributed by atoms with E-state index in [1.165, 1.54) is 21.9 Å². The number of nitrogens with one attached hydrogen (secondary N) is 1. The second-order valence-corrected chi connectivity index (χ2v) is 9.18. The molecule has 0 fully saturated rings. The monoisotopic (exact) mass is 473 g/mol. The number of aromatic amines is 1. The van der Waals surface area contributed by atoms with Gasteiger partial charge in [-0.1, -0.05) is 97.1 Å². The molecule has 0 saturated carbocycles. The number of fused-ring (bicyclic) bond motifs is 3. The van der Waals surface area contributed by atoms with E-state index in [-0.39, 0.29) is 0 Å². The van der Waals surface area contributed by atoms with Crippen LogP contribution in [0.3, 0.4) is 0 Å². The highest BCUT2D eigenvalue weighted by Gasteiger charge is 2.14. The van der Waals surface area contributed by atoms with E-state index >= 15 is 0 Å². The maximum Gasteiger partial charge on any atom is 0.0899 e. The van der Waals surface area contributed by atoms with Crippen molar-refractivity contribution in [1.82, 2.24) is 15.0 Å². The smallest absolute Gasteiger partial charge is 0.0899 e. The first-order valence-corrected chi connectivity index (χ1v) is 12.4. The van der Waals surface area contributed by atoms with E-state index in [0.29, 0.717) is 0 Å². The summed E-state index contributed by atoms with van der Waals surface area (Å²) in [4.78, 5) is 13.3. The molecule has 3 heteroatoms. The Bertz CT molecular complexity index is 1850. The molecule has 0 amide bonds. The third-order valence-electron chi connectivity index (χ3n) is 6.90. The molecule has 3 nitrogen and oxygen atoms in total. The number of nitrogens with zero attached hydrogens (tertiary/aromatic N) is 2. The van der Waals surface area contributed by atoms with Crippen molar-refractivity contribution in [3.05, 3.63) is 134 Å². The largest absolute Gasteiger partial charge is 0.354 e. The number of aromatic nitrogens is 3. The van der Waals surface area contributed by atoms with Gasteiger partial charge in [0.15, 0.2) is 0 Å². The van der Waals surface area contributed by atoms with Crippen LogP contribution in [0.1, 0.15) is 0 Å². The number of benzene rings is 4. The van der Waals surface area contributed by atoms with Crippen LogP contribution in [0, 0.1) is 0 Å². The molecule has 0 aliphatic carbocycles. The van der Waals surface area contributed by atoms with Crippen molar-refractivity contribution >= 4 is 21.8 Å². The fourth-order valence-corrected chi connectivity index (χ4v) is 5.05. The first kappa shape index (κ1) is 21.3. The van der Waals surface area contributed by atoms with Gasteiger partial charge in [-0.2, -0.15) is 0 Å². The van der Waals surface area contributed by atoms with Gasteiger partial charge in [0.2, 0.25) is 0 Å². The molecular formula is C34H23N3. The first-order chi connectivity index (χ1) is 18.3. The SMILES string of the molecule is c1ccc(-c2ccc(-c3cc(-c4ccccn4)nc(-c4cccc5c4[nH]c4ccccc45)c3)cc2)cc1. The molecule has 0 bridgehead atoms. The average Bonchev–Trinajstić information content (AvgIpc) is 3.37. The Morgan fingerprint density at radius 1 is 0.459 bits per heavy atom. The van der Waals surface area contributed by atoms with E-state index in [1.807, 2.05) is 30.5 Å². The molecule has 0 saturated heterocycles. The number of para-hydroxylation sites is 2. The van der Waals surface area contributed by atoms with Crippen LogP contribution in [-0.4, -0.2) is 15.0 Å². The zero-order valence-corrected chi connectivity index (χ0v) is 20.1. The highest BCUT2D eigenvalue weighted by Crippen LogP contribution is 2.36. The lowest BCUT2D eigenvalue weighted by molar-refractivity contribution is 1.25. The van der Waals surface area contributed by atoms with Gasteiger partial charge >= 0.3 is 0 Å². The van der Waals surface area contributed by atoms with E-state index in [9.17, 15) is 0 Å². The van der Waals surface area contributed by atoms with E-state index < -0.39 is 0 Å². The number of H-pyrrole nitrogens is 1. The fourth-order valence-electron chi connectivity index (χ4n) is 5.05. The molecule has 7 rings (SSSR count). The Labute approximate surface area is 215 Å². The Morgan fingerprint density at radius 2 is 1.14 bits per heavy atom. The predicted molar refractivity (Wildman–Crippen MR) is 153 cm³/mol. The molecule has 0 atom stereocenters. The van der Waals surface area contributed by atoms with Gasteiger partial charge in [-0.05, 0) is 52.6 Å². The summed E-state index contributed by atoms with van der Waals surface area (Å²) in [6, 6.07) is 44.3. The fraction of sp³-hybridized carbons (Fsp3) is 0. The minimum atomic E-state index is 0.855. The molecule has 3 heterocycles. The standard InChI is InChI=1S/C34H23N3/c1-2-9-23(10-3-1)24-16-18-25(19-17-24)26-21-32(36-33(22-26)31-15-6-7-20-35-31)29-13-8-12-28-27-11-4-5-14-30(27)37-34(28)29/h1-22,37H. The summed E-state index contributed by atoms with van der Waals surface area (Å²) in [6.45, 7) is 0. The third kappa shape index (κ3) is 3.87. The molecule has 4 aromatic carbocycles.